The summed E-state index contributed by atoms with van der Waals surface area (Å²) in [6, 6.07) is 0. The first kappa shape index (κ1) is 10.8. The molecule has 0 amide bonds. The van der Waals surface area contributed by atoms with Gasteiger partial charge < -0.3 is 14.9 Å². The zero-order chi connectivity index (χ0) is 10.1. The second kappa shape index (κ2) is 6.53. The van der Waals surface area contributed by atoms with E-state index in [2.05, 4.69) is 14.7 Å². The molecule has 0 unspecified atom stereocenters. The lowest BCUT2D eigenvalue weighted by Crippen LogP contribution is -2.05. The summed E-state index contributed by atoms with van der Waals surface area (Å²) in [5, 5.41) is 15.0. The molecule has 2 N–H and O–H groups in total. The molecule has 13 heavy (non-hydrogen) atoms. The molecule has 7 nitrogen and oxygen atoms in total. The van der Waals surface area contributed by atoms with E-state index in [1.807, 2.05) is 0 Å². The predicted molar refractivity (Wildman–Crippen MR) is 39.2 cm³/mol. The number of nitrogens with zero attached hydrogens (tertiary/aromatic N) is 2. The highest BCUT2D eigenvalue weighted by Crippen LogP contribution is 1.73. The fraction of sp³-hybridized carbons (Fsp3) is 0. The van der Waals surface area contributed by atoms with Crippen LogP contribution in [0, 0.1) is 0 Å². The molecule has 0 radical (unpaired) electrons. The van der Waals surface area contributed by atoms with Gasteiger partial charge in [0.05, 0.1) is 0 Å². The van der Waals surface area contributed by atoms with E-state index in [1.165, 1.54) is 0 Å². The van der Waals surface area contributed by atoms with Crippen molar-refractivity contribution in [2.75, 3.05) is 0 Å². The molecule has 0 aliphatic carbocycles. The Labute approximate surface area is 72.6 Å². The zero-order valence-corrected chi connectivity index (χ0v) is 6.32. The molecule has 0 saturated heterocycles. The van der Waals surface area contributed by atoms with Crippen molar-refractivity contribution < 1.29 is 24.5 Å². The summed E-state index contributed by atoms with van der Waals surface area (Å²) in [5.41, 5.74) is 0. The number of ether oxygens (including phenoxy) is 1. The molecule has 0 aromatic carbocycles. The van der Waals surface area contributed by atoms with Crippen LogP contribution in [0.15, 0.2) is 24.8 Å². The molecule has 0 aliphatic rings. The Hall–Kier alpha value is -2.18. The normalized spacial score (nSPS) is 7.69. The summed E-state index contributed by atoms with van der Waals surface area (Å²) < 4.78 is 3.08. The number of carbonyl (C=O) groups is 2. The largest absolute Gasteiger partial charge is 0.516 e. The Morgan fingerprint density at radius 3 is 1.31 bits per heavy atom. The minimum Gasteiger partial charge on any atom is -0.449 e. The number of rotatable bonds is 0. The van der Waals surface area contributed by atoms with Crippen LogP contribution in [0.3, 0.4) is 0 Å². The predicted octanol–water partition coefficient (Wildman–Crippen LogP) is 0.836. The van der Waals surface area contributed by atoms with Gasteiger partial charge >= 0.3 is 12.3 Å². The topological polar surface area (TPSA) is 110 Å². The van der Waals surface area contributed by atoms with Crippen molar-refractivity contribution in [3.05, 3.63) is 24.8 Å². The van der Waals surface area contributed by atoms with Crippen molar-refractivity contribution in [2.45, 2.75) is 0 Å². The van der Waals surface area contributed by atoms with E-state index in [-0.39, 0.29) is 0 Å². The fourth-order valence-corrected chi connectivity index (χ4v) is 0.328. The highest BCUT2D eigenvalue weighted by molar-refractivity contribution is 5.74. The standard InChI is InChI=1S/C4H4N2.C2H2O5/c1-2-6-4-3-5-1;3-1(4)7-2(5)6/h1-4H;(H,3,4)(H,5,6). The van der Waals surface area contributed by atoms with Gasteiger partial charge in [0.15, 0.2) is 0 Å². The van der Waals surface area contributed by atoms with Gasteiger partial charge in [-0.3, -0.25) is 9.97 Å². The van der Waals surface area contributed by atoms with Gasteiger partial charge in [-0.05, 0) is 0 Å². The van der Waals surface area contributed by atoms with Gasteiger partial charge in [0.1, 0.15) is 0 Å². The average Bonchev–Trinajstić information content (AvgIpc) is 2.06. The Morgan fingerprint density at radius 1 is 0.923 bits per heavy atom. The zero-order valence-electron chi connectivity index (χ0n) is 6.32. The van der Waals surface area contributed by atoms with Gasteiger partial charge in [-0.2, -0.15) is 0 Å². The van der Waals surface area contributed by atoms with E-state index in [4.69, 9.17) is 10.2 Å². The third-order valence-electron chi connectivity index (χ3n) is 0.652. The summed E-state index contributed by atoms with van der Waals surface area (Å²) in [6.45, 7) is 0. The molecule has 0 fully saturated rings. The van der Waals surface area contributed by atoms with Crippen LogP contribution in [0.5, 0.6) is 0 Å². The summed E-state index contributed by atoms with van der Waals surface area (Å²) >= 11 is 0. The summed E-state index contributed by atoms with van der Waals surface area (Å²) in [7, 11) is 0. The third kappa shape index (κ3) is 9.82. The summed E-state index contributed by atoms with van der Waals surface area (Å²) in [6.07, 6.45) is 2.93. The first-order chi connectivity index (χ1) is 6.13. The fourth-order valence-electron chi connectivity index (χ4n) is 0.328. The Kier molecular flexibility index (Phi) is 5.43. The Bertz CT molecular complexity index is 224. The molecule has 0 spiro atoms. The highest BCUT2D eigenvalue weighted by Gasteiger charge is 2.01. The molecule has 1 heterocycles. The van der Waals surface area contributed by atoms with Crippen molar-refractivity contribution in [1.29, 1.82) is 0 Å². The molecule has 1 aromatic heterocycles. The van der Waals surface area contributed by atoms with Gasteiger partial charge in [0.2, 0.25) is 0 Å². The number of carboxylic acid groups (broad SMARTS) is 2. The number of aromatic nitrogens is 2. The minimum absolute atomic E-state index is 1.64. The van der Waals surface area contributed by atoms with E-state index < -0.39 is 12.3 Å². The first-order valence-corrected chi connectivity index (χ1v) is 2.96. The van der Waals surface area contributed by atoms with Crippen molar-refractivity contribution in [3.63, 3.8) is 0 Å². The van der Waals surface area contributed by atoms with Crippen LogP contribution in [-0.4, -0.2) is 32.5 Å². The molecule has 0 atom stereocenters. The molecule has 1 aromatic rings. The average molecular weight is 186 g/mol. The van der Waals surface area contributed by atoms with Gasteiger partial charge in [-0.25, -0.2) is 9.59 Å². The highest BCUT2D eigenvalue weighted by atomic mass is 16.7. The molecule has 0 aliphatic heterocycles. The number of hydrogen-bond acceptors (Lipinski definition) is 5. The van der Waals surface area contributed by atoms with E-state index in [1.54, 1.807) is 24.8 Å². The lowest BCUT2D eigenvalue weighted by atomic mass is 10.8. The van der Waals surface area contributed by atoms with Crippen LogP contribution in [0.25, 0.3) is 0 Å². The molecular weight excluding hydrogens is 180 g/mol. The smallest absolute Gasteiger partial charge is 0.449 e. The van der Waals surface area contributed by atoms with Gasteiger partial charge in [-0.15, -0.1) is 0 Å². The molecule has 0 bridgehead atoms. The SMILES string of the molecule is O=C(O)OC(=O)O.c1cnccn1. The summed E-state index contributed by atoms with van der Waals surface area (Å²) in [5.74, 6) is 0. The van der Waals surface area contributed by atoms with Crippen LogP contribution in [0.4, 0.5) is 9.59 Å². The van der Waals surface area contributed by atoms with Crippen molar-refractivity contribution in [1.82, 2.24) is 9.97 Å². The quantitative estimate of drug-likeness (QED) is 0.456. The van der Waals surface area contributed by atoms with E-state index in [0.29, 0.717) is 0 Å². The maximum atomic E-state index is 9.21. The van der Waals surface area contributed by atoms with Crippen LogP contribution in [0.1, 0.15) is 0 Å². The third-order valence-corrected chi connectivity index (χ3v) is 0.652. The van der Waals surface area contributed by atoms with Crippen molar-refractivity contribution in [2.24, 2.45) is 0 Å². The summed E-state index contributed by atoms with van der Waals surface area (Å²) in [4.78, 5) is 25.9. The monoisotopic (exact) mass is 186 g/mol. The lowest BCUT2D eigenvalue weighted by Gasteiger charge is -1.84. The first-order valence-electron chi connectivity index (χ1n) is 2.96. The maximum Gasteiger partial charge on any atom is 0.516 e. The lowest BCUT2D eigenvalue weighted by molar-refractivity contribution is 0.0802. The maximum absolute atomic E-state index is 9.21. The van der Waals surface area contributed by atoms with E-state index >= 15 is 0 Å². The van der Waals surface area contributed by atoms with Gasteiger partial charge in [0, 0.05) is 24.8 Å². The Balaban J connectivity index is 0.000000223. The molecule has 1 rings (SSSR count). The van der Waals surface area contributed by atoms with Gasteiger partial charge in [-0.1, -0.05) is 0 Å². The van der Waals surface area contributed by atoms with Crippen LogP contribution >= 0.6 is 0 Å². The van der Waals surface area contributed by atoms with Crippen LogP contribution in [-0.2, 0) is 4.74 Å². The van der Waals surface area contributed by atoms with Crippen molar-refractivity contribution >= 4 is 12.3 Å². The second-order valence-corrected chi connectivity index (χ2v) is 1.53. The molecule has 7 heteroatoms. The molecular formula is C6H6N2O5. The number of hydrogen-bond donors (Lipinski definition) is 2. The second-order valence-electron chi connectivity index (χ2n) is 1.53. The van der Waals surface area contributed by atoms with E-state index in [9.17, 15) is 9.59 Å². The van der Waals surface area contributed by atoms with Gasteiger partial charge in [0.25, 0.3) is 0 Å². The minimum atomic E-state index is -1.81. The molecule has 0 saturated carbocycles. The molecule has 70 valence electrons. The van der Waals surface area contributed by atoms with Crippen molar-refractivity contribution in [3.8, 4) is 0 Å². The van der Waals surface area contributed by atoms with Crippen LogP contribution in [0.2, 0.25) is 0 Å². The van der Waals surface area contributed by atoms with E-state index in [0.717, 1.165) is 0 Å². The van der Waals surface area contributed by atoms with Crippen LogP contribution < -0.4 is 0 Å². The Morgan fingerprint density at radius 2 is 1.23 bits per heavy atom.